The Morgan fingerprint density at radius 3 is 0.783 bits per heavy atom. The standard InChI is InChI=1S/C87H138O17P2/c1-5-9-13-17-21-25-29-33-36-38-40-42-45-49-52-56-60-64-68-72-85(90)98-78-83(104-87(92)74-70-66-62-58-54-50-46-43-41-39-37-34-30-26-22-18-14-10-6-2)80-102-106(95,96)100-76-81(88)75-99-105(93,94)101-79-82(103-86(91)73-69-65-61-57-53-47-32-28-24-20-16-12-8-4)77-97-84(89)71-67-63-59-55-51-48-44-35-31-27-23-19-15-11-7-3/h9-11,13-16,20-23,25-28,32-37,40-44,49-52,54-55,81-83,88H,5-8,12,17-19,24,29-31,38-39,45-48,53,56-80H2,1-4H3,(H,93,94)(H,95,96)/b13-9-,14-10-,15-11-,20-16-,25-21-,26-22-,27-23-,32-28-,36-33-,37-34-,42-40-,43-41-,44-35-,52-49-,54-50-,55-51-. The van der Waals surface area contributed by atoms with Crippen molar-refractivity contribution in [2.24, 2.45) is 0 Å². The van der Waals surface area contributed by atoms with Crippen molar-refractivity contribution in [3.05, 3.63) is 194 Å². The van der Waals surface area contributed by atoms with E-state index < -0.39 is 97.5 Å². The third-order valence-corrected chi connectivity index (χ3v) is 17.4. The molecule has 0 aliphatic carbocycles. The van der Waals surface area contributed by atoms with E-state index in [0.717, 1.165) is 193 Å². The van der Waals surface area contributed by atoms with Crippen LogP contribution in [0.5, 0.6) is 0 Å². The molecule has 0 saturated heterocycles. The number of esters is 4. The molecule has 17 nitrogen and oxygen atoms in total. The van der Waals surface area contributed by atoms with E-state index >= 15 is 0 Å². The van der Waals surface area contributed by atoms with Gasteiger partial charge in [-0.25, -0.2) is 9.13 Å². The van der Waals surface area contributed by atoms with Gasteiger partial charge >= 0.3 is 39.5 Å². The van der Waals surface area contributed by atoms with E-state index in [-0.39, 0.29) is 25.7 Å². The van der Waals surface area contributed by atoms with E-state index in [4.69, 9.17) is 37.0 Å². The summed E-state index contributed by atoms with van der Waals surface area (Å²) in [6.07, 6.45) is 94.2. The van der Waals surface area contributed by atoms with Crippen LogP contribution in [0.15, 0.2) is 194 Å². The third kappa shape index (κ3) is 76.1. The van der Waals surface area contributed by atoms with Crippen LogP contribution in [0.3, 0.4) is 0 Å². The van der Waals surface area contributed by atoms with Gasteiger partial charge in [0.05, 0.1) is 26.4 Å². The number of carbonyl (C=O) groups excluding carboxylic acids is 4. The number of rotatable bonds is 72. The fourth-order valence-electron chi connectivity index (χ4n) is 9.59. The molecule has 0 rings (SSSR count). The number of ether oxygens (including phenoxy) is 4. The molecule has 0 bridgehead atoms. The summed E-state index contributed by atoms with van der Waals surface area (Å²) in [6.45, 7) is 4.29. The molecule has 0 saturated carbocycles. The van der Waals surface area contributed by atoms with Crippen molar-refractivity contribution >= 4 is 39.5 Å². The first-order chi connectivity index (χ1) is 51.7. The highest BCUT2D eigenvalue weighted by molar-refractivity contribution is 7.47. The Morgan fingerprint density at radius 2 is 0.491 bits per heavy atom. The molecule has 5 atom stereocenters. The fourth-order valence-corrected chi connectivity index (χ4v) is 11.2. The fraction of sp³-hybridized carbons (Fsp3) is 0.586. The Labute approximate surface area is 640 Å². The maximum absolute atomic E-state index is 13.1. The number of unbranched alkanes of at least 4 members (excludes halogenated alkanes) is 14. The Balaban J connectivity index is 5.50. The van der Waals surface area contributed by atoms with Crippen molar-refractivity contribution in [2.75, 3.05) is 39.6 Å². The second-order valence-electron chi connectivity index (χ2n) is 25.5. The molecule has 0 aromatic rings. The summed E-state index contributed by atoms with van der Waals surface area (Å²) < 4.78 is 68.5. The lowest BCUT2D eigenvalue weighted by molar-refractivity contribution is -0.161. The topological polar surface area (TPSA) is 237 Å². The lowest BCUT2D eigenvalue weighted by Gasteiger charge is -2.21. The van der Waals surface area contributed by atoms with Crippen LogP contribution in [0.25, 0.3) is 0 Å². The Morgan fingerprint density at radius 1 is 0.274 bits per heavy atom. The van der Waals surface area contributed by atoms with Crippen molar-refractivity contribution in [3.8, 4) is 0 Å². The van der Waals surface area contributed by atoms with E-state index in [1.807, 2.05) is 0 Å². The third-order valence-electron chi connectivity index (χ3n) is 15.5. The van der Waals surface area contributed by atoms with E-state index in [2.05, 4.69) is 222 Å². The molecule has 0 aliphatic rings. The molecule has 0 aromatic carbocycles. The number of allylic oxidation sites excluding steroid dienone is 32. The lowest BCUT2D eigenvalue weighted by atomic mass is 10.1. The molecule has 0 radical (unpaired) electrons. The van der Waals surface area contributed by atoms with Crippen LogP contribution in [0.4, 0.5) is 0 Å². The number of hydrogen-bond acceptors (Lipinski definition) is 15. The Hall–Kier alpha value is -6.10. The van der Waals surface area contributed by atoms with Gasteiger partial charge in [-0.05, 0) is 180 Å². The van der Waals surface area contributed by atoms with Crippen molar-refractivity contribution in [1.29, 1.82) is 0 Å². The molecule has 3 N–H and O–H groups in total. The Kier molecular flexibility index (Phi) is 72.6. The number of hydrogen-bond donors (Lipinski definition) is 3. The van der Waals surface area contributed by atoms with Crippen LogP contribution in [0.2, 0.25) is 0 Å². The van der Waals surface area contributed by atoms with Crippen molar-refractivity contribution in [2.45, 2.75) is 290 Å². The number of carbonyl (C=O) groups is 4. The van der Waals surface area contributed by atoms with Crippen LogP contribution >= 0.6 is 15.6 Å². The van der Waals surface area contributed by atoms with E-state index in [1.165, 1.54) is 0 Å². The SMILES string of the molecule is CC/C=C\C/C=C\C/C=C\C/C=C\C/C=C\CCCCCC(=O)OCC(COP(=O)(O)OCC(O)COP(=O)(O)OCC(COC(=O)CCCC/C=C\C/C=C\C/C=C\C/C=C\CC)OC(=O)CCCCCCC/C=C\C/C=C\CCC)OC(=O)CCCCC/C=C\C/C=C\C/C=C\C/C=C\C/C=C\CC. The molecular formula is C87H138O17P2. The minimum Gasteiger partial charge on any atom is -0.462 e. The molecular weight excluding hydrogens is 1380 g/mol. The average molecular weight is 1520 g/mol. The number of aliphatic hydroxyl groups excluding tert-OH is 1. The first-order valence-corrected chi connectivity index (χ1v) is 42.7. The molecule has 0 aliphatic heterocycles. The largest absolute Gasteiger partial charge is 0.472 e. The second kappa shape index (κ2) is 77.1. The smallest absolute Gasteiger partial charge is 0.462 e. The Bertz CT molecular complexity index is 2780. The van der Waals surface area contributed by atoms with Gasteiger partial charge in [0.1, 0.15) is 19.3 Å². The second-order valence-corrected chi connectivity index (χ2v) is 28.4. The van der Waals surface area contributed by atoms with Crippen LogP contribution in [0, 0.1) is 0 Å². The summed E-state index contributed by atoms with van der Waals surface area (Å²) >= 11 is 0. The summed E-state index contributed by atoms with van der Waals surface area (Å²) in [4.78, 5) is 73.0. The zero-order valence-electron chi connectivity index (χ0n) is 65.3. The lowest BCUT2D eigenvalue weighted by Crippen LogP contribution is -2.30. The summed E-state index contributed by atoms with van der Waals surface area (Å²) in [5.74, 6) is -2.33. The van der Waals surface area contributed by atoms with Gasteiger partial charge in [-0.1, -0.05) is 261 Å². The molecule has 0 fully saturated rings. The number of aliphatic hydroxyl groups is 1. The zero-order chi connectivity index (χ0) is 77.4. The van der Waals surface area contributed by atoms with Gasteiger partial charge in [-0.15, -0.1) is 0 Å². The van der Waals surface area contributed by atoms with E-state index in [1.54, 1.807) is 0 Å². The molecule has 5 unspecified atom stereocenters. The minimum atomic E-state index is -5.01. The zero-order valence-corrected chi connectivity index (χ0v) is 67.1. The maximum atomic E-state index is 13.1. The number of phosphoric ester groups is 2. The van der Waals surface area contributed by atoms with Gasteiger partial charge < -0.3 is 33.8 Å². The van der Waals surface area contributed by atoms with Crippen molar-refractivity contribution in [3.63, 3.8) is 0 Å². The molecule has 0 aromatic heterocycles. The molecule has 598 valence electrons. The highest BCUT2D eigenvalue weighted by Gasteiger charge is 2.30. The summed E-state index contributed by atoms with van der Waals surface area (Å²) in [7, 11) is -10.0. The van der Waals surface area contributed by atoms with Crippen LogP contribution < -0.4 is 0 Å². The van der Waals surface area contributed by atoms with Crippen LogP contribution in [0.1, 0.15) is 272 Å². The minimum absolute atomic E-state index is 0.0384. The maximum Gasteiger partial charge on any atom is 0.472 e. The van der Waals surface area contributed by atoms with Crippen molar-refractivity contribution in [1.82, 2.24) is 0 Å². The molecule has 106 heavy (non-hydrogen) atoms. The molecule has 0 spiro atoms. The van der Waals surface area contributed by atoms with Gasteiger partial charge in [-0.2, -0.15) is 0 Å². The molecule has 0 amide bonds. The van der Waals surface area contributed by atoms with Gasteiger partial charge in [0.15, 0.2) is 12.2 Å². The summed E-state index contributed by atoms with van der Waals surface area (Å²) in [5.41, 5.74) is 0. The van der Waals surface area contributed by atoms with E-state index in [9.17, 15) is 43.2 Å². The summed E-state index contributed by atoms with van der Waals surface area (Å²) in [5, 5.41) is 10.6. The van der Waals surface area contributed by atoms with E-state index in [0.29, 0.717) is 25.7 Å². The average Bonchev–Trinajstić information content (AvgIpc) is 0.903. The van der Waals surface area contributed by atoms with Gasteiger partial charge in [0.2, 0.25) is 0 Å². The van der Waals surface area contributed by atoms with Gasteiger partial charge in [0, 0.05) is 25.7 Å². The quantitative estimate of drug-likeness (QED) is 0.0169. The molecule has 0 heterocycles. The monoisotopic (exact) mass is 1520 g/mol. The normalized spacial score (nSPS) is 14.9. The molecule has 19 heteroatoms. The summed E-state index contributed by atoms with van der Waals surface area (Å²) in [6, 6.07) is 0. The van der Waals surface area contributed by atoms with Gasteiger partial charge in [0.25, 0.3) is 0 Å². The first kappa shape index (κ1) is 99.9. The first-order valence-electron chi connectivity index (χ1n) is 39.7. The predicted octanol–water partition coefficient (Wildman–Crippen LogP) is 23.3. The van der Waals surface area contributed by atoms with Crippen molar-refractivity contribution < 1.29 is 80.2 Å². The highest BCUT2D eigenvalue weighted by atomic mass is 31.2. The number of phosphoric acid groups is 2. The van der Waals surface area contributed by atoms with Crippen LogP contribution in [-0.4, -0.2) is 96.7 Å². The highest BCUT2D eigenvalue weighted by Crippen LogP contribution is 2.45. The predicted molar refractivity (Wildman–Crippen MR) is 436 cm³/mol. The van der Waals surface area contributed by atoms with Crippen LogP contribution in [-0.2, 0) is 65.4 Å². The van der Waals surface area contributed by atoms with Gasteiger partial charge in [-0.3, -0.25) is 37.3 Å².